The minimum atomic E-state index is -0.335. The quantitative estimate of drug-likeness (QED) is 0.897. The van der Waals surface area contributed by atoms with E-state index in [9.17, 15) is 8.78 Å². The minimum Gasteiger partial charge on any atom is -0.497 e. The van der Waals surface area contributed by atoms with Crippen molar-refractivity contribution in [2.24, 2.45) is 0 Å². The van der Waals surface area contributed by atoms with Crippen molar-refractivity contribution in [3.8, 4) is 5.75 Å². The Bertz CT molecular complexity index is 586. The van der Waals surface area contributed by atoms with Crippen molar-refractivity contribution in [3.05, 3.63) is 65.2 Å². The number of rotatable bonds is 5. The fourth-order valence-electron chi connectivity index (χ4n) is 2.00. The topological polar surface area (TPSA) is 21.3 Å². The number of ether oxygens (including phenoxy) is 1. The van der Waals surface area contributed by atoms with E-state index in [1.54, 1.807) is 30.3 Å². The van der Waals surface area contributed by atoms with Gasteiger partial charge < -0.3 is 10.1 Å². The first-order chi connectivity index (χ1) is 9.61. The van der Waals surface area contributed by atoms with Gasteiger partial charge in [-0.2, -0.15) is 0 Å². The van der Waals surface area contributed by atoms with Gasteiger partial charge in [0.05, 0.1) is 7.11 Å². The van der Waals surface area contributed by atoms with E-state index in [4.69, 9.17) is 4.74 Å². The lowest BCUT2D eigenvalue weighted by Crippen LogP contribution is -2.19. The summed E-state index contributed by atoms with van der Waals surface area (Å²) < 4.78 is 32.4. The number of benzene rings is 2. The van der Waals surface area contributed by atoms with Crippen molar-refractivity contribution in [1.82, 2.24) is 5.32 Å². The smallest absolute Gasteiger partial charge is 0.131 e. The van der Waals surface area contributed by atoms with Gasteiger partial charge in [-0.05, 0) is 19.1 Å². The van der Waals surface area contributed by atoms with Crippen LogP contribution in [0.3, 0.4) is 0 Å². The molecule has 106 valence electrons. The molecule has 0 heterocycles. The van der Waals surface area contributed by atoms with E-state index >= 15 is 0 Å². The Morgan fingerprint density at radius 2 is 1.85 bits per heavy atom. The summed E-state index contributed by atoms with van der Waals surface area (Å²) in [5.41, 5.74) is 1.09. The summed E-state index contributed by atoms with van der Waals surface area (Å²) in [5.74, 6) is -0.118. The first kappa shape index (κ1) is 14.5. The van der Waals surface area contributed by atoms with Gasteiger partial charge >= 0.3 is 0 Å². The Hall–Kier alpha value is -1.94. The fourth-order valence-corrected chi connectivity index (χ4v) is 2.00. The Kier molecular flexibility index (Phi) is 4.69. The van der Waals surface area contributed by atoms with E-state index in [2.05, 4.69) is 5.32 Å². The summed E-state index contributed by atoms with van der Waals surface area (Å²) in [6, 6.07) is 11.0. The van der Waals surface area contributed by atoms with Gasteiger partial charge in [-0.3, -0.25) is 0 Å². The molecule has 2 nitrogen and oxygen atoms in total. The van der Waals surface area contributed by atoms with E-state index in [0.717, 1.165) is 0 Å². The average molecular weight is 277 g/mol. The Morgan fingerprint density at radius 3 is 2.50 bits per heavy atom. The Balaban J connectivity index is 2.05. The maximum absolute atomic E-state index is 13.9. The number of hydrogen-bond acceptors (Lipinski definition) is 2. The van der Waals surface area contributed by atoms with Crippen LogP contribution in [0.15, 0.2) is 42.5 Å². The second-order valence-electron chi connectivity index (χ2n) is 4.58. The van der Waals surface area contributed by atoms with E-state index in [-0.39, 0.29) is 17.7 Å². The van der Waals surface area contributed by atoms with Crippen LogP contribution < -0.4 is 10.1 Å². The molecule has 1 atom stereocenters. The normalized spacial score (nSPS) is 12.2. The lowest BCUT2D eigenvalue weighted by Gasteiger charge is -2.16. The van der Waals surface area contributed by atoms with Gasteiger partial charge in [-0.25, -0.2) is 8.78 Å². The van der Waals surface area contributed by atoms with Crippen molar-refractivity contribution in [2.45, 2.75) is 19.5 Å². The molecule has 0 radical (unpaired) electrons. The van der Waals surface area contributed by atoms with E-state index < -0.39 is 0 Å². The van der Waals surface area contributed by atoms with Gasteiger partial charge in [-0.1, -0.05) is 24.3 Å². The highest BCUT2D eigenvalue weighted by Gasteiger charge is 2.12. The first-order valence-corrected chi connectivity index (χ1v) is 6.42. The van der Waals surface area contributed by atoms with Crippen LogP contribution in [0.4, 0.5) is 8.78 Å². The lowest BCUT2D eigenvalue weighted by atomic mass is 10.1. The van der Waals surface area contributed by atoms with Gasteiger partial charge in [0.1, 0.15) is 17.4 Å². The minimum absolute atomic E-state index is 0.222. The van der Waals surface area contributed by atoms with E-state index in [1.165, 1.54) is 19.2 Å². The molecule has 4 heteroatoms. The summed E-state index contributed by atoms with van der Waals surface area (Å²) >= 11 is 0. The van der Waals surface area contributed by atoms with Gasteiger partial charge in [0, 0.05) is 29.8 Å². The van der Waals surface area contributed by atoms with Gasteiger partial charge in [-0.15, -0.1) is 0 Å². The second-order valence-corrected chi connectivity index (χ2v) is 4.58. The zero-order valence-electron chi connectivity index (χ0n) is 11.5. The van der Waals surface area contributed by atoms with Gasteiger partial charge in [0.25, 0.3) is 0 Å². The number of halogens is 2. The molecule has 1 N–H and O–H groups in total. The molecular weight excluding hydrogens is 260 g/mol. The van der Waals surface area contributed by atoms with Crippen molar-refractivity contribution in [2.75, 3.05) is 7.11 Å². The third-order valence-electron chi connectivity index (χ3n) is 3.23. The third kappa shape index (κ3) is 3.33. The van der Waals surface area contributed by atoms with Crippen molar-refractivity contribution in [3.63, 3.8) is 0 Å². The standard InChI is InChI=1S/C16H17F2NO/c1-11(14-8-7-13(20-2)9-16(14)18)19-10-12-5-3-4-6-15(12)17/h3-9,11,19H,10H2,1-2H3. The van der Waals surface area contributed by atoms with Crippen LogP contribution in [0.1, 0.15) is 24.1 Å². The maximum atomic E-state index is 13.9. The molecule has 0 saturated carbocycles. The van der Waals surface area contributed by atoms with Crippen molar-refractivity contribution < 1.29 is 13.5 Å². The molecule has 0 saturated heterocycles. The van der Waals surface area contributed by atoms with Crippen LogP contribution in [-0.4, -0.2) is 7.11 Å². The molecule has 0 bridgehead atoms. The molecule has 0 aliphatic rings. The predicted molar refractivity (Wildman–Crippen MR) is 74.6 cm³/mol. The third-order valence-corrected chi connectivity index (χ3v) is 3.23. The summed E-state index contributed by atoms with van der Waals surface area (Å²) in [4.78, 5) is 0. The largest absolute Gasteiger partial charge is 0.497 e. The van der Waals surface area contributed by atoms with Crippen LogP contribution in [-0.2, 0) is 6.54 Å². The summed E-state index contributed by atoms with van der Waals surface area (Å²) in [6.07, 6.45) is 0. The fraction of sp³-hybridized carbons (Fsp3) is 0.250. The van der Waals surface area contributed by atoms with Crippen LogP contribution in [0, 0.1) is 11.6 Å². The zero-order valence-corrected chi connectivity index (χ0v) is 11.5. The van der Waals surface area contributed by atoms with Crippen LogP contribution in [0.2, 0.25) is 0 Å². The van der Waals surface area contributed by atoms with Crippen LogP contribution in [0.5, 0.6) is 5.75 Å². The molecule has 2 aromatic rings. The molecule has 2 aromatic carbocycles. The second kappa shape index (κ2) is 6.48. The monoisotopic (exact) mass is 277 g/mol. The molecule has 1 unspecified atom stereocenters. The first-order valence-electron chi connectivity index (χ1n) is 6.42. The molecular formula is C16H17F2NO. The zero-order chi connectivity index (χ0) is 14.5. The summed E-state index contributed by atoms with van der Waals surface area (Å²) in [7, 11) is 1.49. The van der Waals surface area contributed by atoms with Crippen molar-refractivity contribution >= 4 is 0 Å². The predicted octanol–water partition coefficient (Wildman–Crippen LogP) is 3.82. The SMILES string of the molecule is COc1ccc(C(C)NCc2ccccc2F)c(F)c1. The van der Waals surface area contributed by atoms with Gasteiger partial charge in [0.15, 0.2) is 0 Å². The molecule has 0 aliphatic heterocycles. The highest BCUT2D eigenvalue weighted by molar-refractivity contribution is 5.30. The highest BCUT2D eigenvalue weighted by atomic mass is 19.1. The molecule has 0 amide bonds. The average Bonchev–Trinajstić information content (AvgIpc) is 2.46. The Labute approximate surface area is 117 Å². The summed E-state index contributed by atoms with van der Waals surface area (Å²) in [6.45, 7) is 2.19. The molecule has 0 aliphatic carbocycles. The van der Waals surface area contributed by atoms with Crippen molar-refractivity contribution in [1.29, 1.82) is 0 Å². The molecule has 0 fully saturated rings. The number of nitrogens with one attached hydrogen (secondary N) is 1. The molecule has 0 spiro atoms. The molecule has 20 heavy (non-hydrogen) atoms. The number of methoxy groups -OCH3 is 1. The number of hydrogen-bond donors (Lipinski definition) is 1. The maximum Gasteiger partial charge on any atom is 0.131 e. The lowest BCUT2D eigenvalue weighted by molar-refractivity contribution is 0.409. The van der Waals surface area contributed by atoms with E-state index in [1.807, 2.05) is 6.92 Å². The Morgan fingerprint density at radius 1 is 1.10 bits per heavy atom. The molecule has 0 aromatic heterocycles. The van der Waals surface area contributed by atoms with Crippen LogP contribution in [0.25, 0.3) is 0 Å². The summed E-state index contributed by atoms with van der Waals surface area (Å²) in [5, 5.41) is 3.11. The van der Waals surface area contributed by atoms with Gasteiger partial charge in [0.2, 0.25) is 0 Å². The molecule has 2 rings (SSSR count). The van der Waals surface area contributed by atoms with Crippen LogP contribution >= 0.6 is 0 Å². The highest BCUT2D eigenvalue weighted by Crippen LogP contribution is 2.22. The van der Waals surface area contributed by atoms with E-state index in [0.29, 0.717) is 23.4 Å².